The molecule has 0 aliphatic heterocycles. The monoisotopic (exact) mass is 328 g/mol. The van der Waals surface area contributed by atoms with Gasteiger partial charge in [0.25, 0.3) is 5.56 Å². The van der Waals surface area contributed by atoms with E-state index in [1.165, 1.54) is 4.68 Å². The van der Waals surface area contributed by atoms with Crippen molar-refractivity contribution in [3.63, 3.8) is 0 Å². The van der Waals surface area contributed by atoms with E-state index >= 15 is 0 Å². The van der Waals surface area contributed by atoms with E-state index in [0.717, 1.165) is 12.8 Å². The summed E-state index contributed by atoms with van der Waals surface area (Å²) in [4.78, 5) is 23.4. The molecule has 0 aromatic carbocycles. The van der Waals surface area contributed by atoms with Crippen molar-refractivity contribution in [1.29, 1.82) is 0 Å². The van der Waals surface area contributed by atoms with Crippen LogP contribution in [0.15, 0.2) is 15.5 Å². The molecule has 1 fully saturated rings. The maximum Gasteiger partial charge on any atom is 0.283 e. The summed E-state index contributed by atoms with van der Waals surface area (Å²) in [5.41, 5.74) is 4.62. The summed E-state index contributed by atoms with van der Waals surface area (Å²) >= 11 is 3.26. The second-order valence-corrected chi connectivity index (χ2v) is 6.21. The molecule has 1 aliphatic rings. The lowest BCUT2D eigenvalue weighted by Gasteiger charge is -2.24. The number of nitrogens with one attached hydrogen (secondary N) is 1. The molecule has 3 N–H and O–H groups in total. The second-order valence-electron chi connectivity index (χ2n) is 5.42. The lowest BCUT2D eigenvalue weighted by molar-refractivity contribution is -0.121. The van der Waals surface area contributed by atoms with Gasteiger partial charge in [-0.25, -0.2) is 4.68 Å². The molecule has 0 radical (unpaired) electrons. The number of nitrogens with zero attached hydrogens (tertiary/aromatic N) is 2. The highest BCUT2D eigenvalue weighted by Crippen LogP contribution is 2.30. The number of nitrogens with two attached hydrogens (primary N) is 1. The molecule has 6 nitrogen and oxygen atoms in total. The molecule has 1 aromatic heterocycles. The summed E-state index contributed by atoms with van der Waals surface area (Å²) in [6.07, 6.45) is 3.85. The average molecular weight is 329 g/mol. The number of hydrogen-bond acceptors (Lipinski definition) is 4. The molecule has 1 heterocycles. The third kappa shape index (κ3) is 3.15. The zero-order valence-corrected chi connectivity index (χ0v) is 12.5. The first kappa shape index (κ1) is 14.0. The van der Waals surface area contributed by atoms with Crippen LogP contribution in [0.2, 0.25) is 0 Å². The van der Waals surface area contributed by atoms with Crippen molar-refractivity contribution in [2.24, 2.45) is 11.7 Å². The molecular weight excluding hydrogens is 312 g/mol. The van der Waals surface area contributed by atoms with Gasteiger partial charge in [0.2, 0.25) is 5.91 Å². The van der Waals surface area contributed by atoms with Crippen LogP contribution in [0.3, 0.4) is 0 Å². The van der Waals surface area contributed by atoms with Gasteiger partial charge in [-0.1, -0.05) is 0 Å². The largest absolute Gasteiger partial charge is 0.369 e. The molecule has 1 aromatic rings. The fraction of sp³-hybridized carbons (Fsp3) is 0.583. The molecule has 0 saturated heterocycles. The zero-order valence-electron chi connectivity index (χ0n) is 10.9. The van der Waals surface area contributed by atoms with E-state index in [0.29, 0.717) is 22.6 Å². The molecule has 1 amide bonds. The van der Waals surface area contributed by atoms with Gasteiger partial charge in [0.05, 0.1) is 11.9 Å². The Balaban J connectivity index is 2.25. The van der Waals surface area contributed by atoms with E-state index in [2.05, 4.69) is 26.3 Å². The van der Waals surface area contributed by atoms with Gasteiger partial charge >= 0.3 is 0 Å². The molecule has 1 saturated carbocycles. The number of anilines is 1. The van der Waals surface area contributed by atoms with Crippen LogP contribution in [0.4, 0.5) is 5.69 Å². The van der Waals surface area contributed by atoms with Crippen molar-refractivity contribution in [2.45, 2.75) is 38.8 Å². The Labute approximate surface area is 119 Å². The standard InChI is InChI=1S/C12H17BrN4O2/c1-12(2,11(14)19)16-8-5-15-17(6-7-3-4-7)10(18)9(8)13/h5,7,16H,3-4,6H2,1-2H3,(H2,14,19). The highest BCUT2D eigenvalue weighted by atomic mass is 79.9. The van der Waals surface area contributed by atoms with Crippen LogP contribution >= 0.6 is 15.9 Å². The molecule has 19 heavy (non-hydrogen) atoms. The van der Waals surface area contributed by atoms with Crippen LogP contribution < -0.4 is 16.6 Å². The molecule has 7 heteroatoms. The van der Waals surface area contributed by atoms with E-state index < -0.39 is 11.4 Å². The van der Waals surface area contributed by atoms with Crippen molar-refractivity contribution in [3.05, 3.63) is 21.0 Å². The first-order valence-corrected chi connectivity index (χ1v) is 6.94. The van der Waals surface area contributed by atoms with Crippen LogP contribution in [-0.4, -0.2) is 21.2 Å². The number of carbonyl (C=O) groups is 1. The van der Waals surface area contributed by atoms with Gasteiger partial charge < -0.3 is 11.1 Å². The summed E-state index contributed by atoms with van der Waals surface area (Å²) in [6.45, 7) is 3.95. The summed E-state index contributed by atoms with van der Waals surface area (Å²) in [5, 5.41) is 7.05. The maximum atomic E-state index is 12.1. The smallest absolute Gasteiger partial charge is 0.283 e. The Morgan fingerprint density at radius 2 is 2.26 bits per heavy atom. The summed E-state index contributed by atoms with van der Waals surface area (Å²) in [5.74, 6) is 0.0690. The topological polar surface area (TPSA) is 90.0 Å². The van der Waals surface area contributed by atoms with Crippen molar-refractivity contribution < 1.29 is 4.79 Å². The van der Waals surface area contributed by atoms with Gasteiger partial charge in [-0.3, -0.25) is 9.59 Å². The van der Waals surface area contributed by atoms with Gasteiger partial charge in [0, 0.05) is 6.54 Å². The number of rotatable bonds is 5. The maximum absolute atomic E-state index is 12.1. The average Bonchev–Trinajstić information content (AvgIpc) is 3.12. The SMILES string of the molecule is CC(C)(Nc1cnn(CC2CC2)c(=O)c1Br)C(N)=O. The van der Waals surface area contributed by atoms with Crippen LogP contribution in [-0.2, 0) is 11.3 Å². The lowest BCUT2D eigenvalue weighted by Crippen LogP contribution is -2.45. The van der Waals surface area contributed by atoms with E-state index in [4.69, 9.17) is 5.73 Å². The van der Waals surface area contributed by atoms with Crippen LogP contribution in [0.25, 0.3) is 0 Å². The molecule has 0 spiro atoms. The van der Waals surface area contributed by atoms with E-state index in [-0.39, 0.29) is 5.56 Å². The molecular formula is C12H17BrN4O2. The van der Waals surface area contributed by atoms with Gasteiger partial charge in [0.1, 0.15) is 10.0 Å². The summed E-state index contributed by atoms with van der Waals surface area (Å²) < 4.78 is 1.82. The predicted molar refractivity (Wildman–Crippen MR) is 75.8 cm³/mol. The van der Waals surface area contributed by atoms with Crippen LogP contribution in [0.5, 0.6) is 0 Å². The number of amides is 1. The fourth-order valence-corrected chi connectivity index (χ4v) is 2.03. The molecule has 2 rings (SSSR count). The van der Waals surface area contributed by atoms with Crippen molar-refractivity contribution in [3.8, 4) is 0 Å². The van der Waals surface area contributed by atoms with Crippen LogP contribution in [0, 0.1) is 5.92 Å². The van der Waals surface area contributed by atoms with E-state index in [1.54, 1.807) is 20.0 Å². The normalized spacial score (nSPS) is 15.3. The molecule has 1 aliphatic carbocycles. The fourth-order valence-electron chi connectivity index (χ4n) is 1.63. The molecule has 0 atom stereocenters. The minimum Gasteiger partial charge on any atom is -0.369 e. The Hall–Kier alpha value is -1.37. The predicted octanol–water partition coefficient (Wildman–Crippen LogP) is 1.09. The minimum atomic E-state index is -0.945. The zero-order chi connectivity index (χ0) is 14.2. The minimum absolute atomic E-state index is 0.197. The molecule has 104 valence electrons. The molecule has 0 unspecified atom stereocenters. The van der Waals surface area contributed by atoms with Gasteiger partial charge in [-0.2, -0.15) is 5.10 Å². The lowest BCUT2D eigenvalue weighted by atomic mass is 10.1. The number of primary amides is 1. The number of halogens is 1. The Morgan fingerprint density at radius 3 is 2.79 bits per heavy atom. The van der Waals surface area contributed by atoms with E-state index in [1.807, 2.05) is 0 Å². The van der Waals surface area contributed by atoms with Crippen LogP contribution in [0.1, 0.15) is 26.7 Å². The van der Waals surface area contributed by atoms with Crippen molar-refractivity contribution in [1.82, 2.24) is 9.78 Å². The van der Waals surface area contributed by atoms with Gasteiger partial charge in [-0.05, 0) is 48.5 Å². The highest BCUT2D eigenvalue weighted by Gasteiger charge is 2.27. The third-order valence-electron chi connectivity index (χ3n) is 3.18. The number of carbonyl (C=O) groups excluding carboxylic acids is 1. The highest BCUT2D eigenvalue weighted by molar-refractivity contribution is 9.10. The quantitative estimate of drug-likeness (QED) is 0.846. The molecule has 0 bridgehead atoms. The third-order valence-corrected chi connectivity index (χ3v) is 3.94. The van der Waals surface area contributed by atoms with Gasteiger partial charge in [-0.15, -0.1) is 0 Å². The number of hydrogen-bond donors (Lipinski definition) is 2. The first-order valence-electron chi connectivity index (χ1n) is 6.15. The summed E-state index contributed by atoms with van der Waals surface area (Å²) in [7, 11) is 0. The van der Waals surface area contributed by atoms with Crippen molar-refractivity contribution >= 4 is 27.5 Å². The number of aromatic nitrogens is 2. The van der Waals surface area contributed by atoms with Gasteiger partial charge in [0.15, 0.2) is 0 Å². The second kappa shape index (κ2) is 4.96. The van der Waals surface area contributed by atoms with E-state index in [9.17, 15) is 9.59 Å². The summed E-state index contributed by atoms with van der Waals surface area (Å²) in [6, 6.07) is 0. The Morgan fingerprint density at radius 1 is 1.63 bits per heavy atom. The first-order chi connectivity index (χ1) is 8.81. The Kier molecular flexibility index (Phi) is 3.66. The Bertz CT molecular complexity index is 563. The van der Waals surface area contributed by atoms with Crippen molar-refractivity contribution in [2.75, 3.05) is 5.32 Å².